The molecule has 0 aliphatic heterocycles. The van der Waals surface area contributed by atoms with Crippen LogP contribution in [0.25, 0.3) is 0 Å². The quantitative estimate of drug-likeness (QED) is 0.616. The zero-order valence-electron chi connectivity index (χ0n) is 7.44. The van der Waals surface area contributed by atoms with E-state index in [1.165, 1.54) is 6.20 Å². The van der Waals surface area contributed by atoms with Gasteiger partial charge in [-0.25, -0.2) is 4.79 Å². The van der Waals surface area contributed by atoms with Crippen LogP contribution in [0.15, 0.2) is 6.20 Å². The zero-order chi connectivity index (χ0) is 9.84. The molecule has 0 aliphatic rings. The molecule has 0 fully saturated rings. The molecule has 0 atom stereocenters. The van der Waals surface area contributed by atoms with Crippen LogP contribution < -0.4 is 0 Å². The highest BCUT2D eigenvalue weighted by molar-refractivity contribution is 5.90. The van der Waals surface area contributed by atoms with Gasteiger partial charge in [0.25, 0.3) is 0 Å². The first-order valence-electron chi connectivity index (χ1n) is 3.69. The number of carbonyl (C=O) groups is 1. The standard InChI is InChI=1S/C8H9N3O2/c1-6-7(5-10-11(6)2)8(12)13-4-3-9/h5H,4H2,1-2H3. The van der Waals surface area contributed by atoms with Gasteiger partial charge in [0, 0.05) is 12.7 Å². The van der Waals surface area contributed by atoms with E-state index in [4.69, 9.17) is 5.26 Å². The second-order valence-electron chi connectivity index (χ2n) is 2.50. The van der Waals surface area contributed by atoms with Crippen molar-refractivity contribution >= 4 is 5.97 Å². The van der Waals surface area contributed by atoms with Gasteiger partial charge in [-0.3, -0.25) is 4.68 Å². The molecule has 1 rings (SSSR count). The summed E-state index contributed by atoms with van der Waals surface area (Å²) >= 11 is 0. The molecular formula is C8H9N3O2. The molecule has 0 bridgehead atoms. The van der Waals surface area contributed by atoms with Crippen molar-refractivity contribution in [2.45, 2.75) is 6.92 Å². The maximum Gasteiger partial charge on any atom is 0.342 e. The average Bonchev–Trinajstić information content (AvgIpc) is 2.44. The van der Waals surface area contributed by atoms with E-state index < -0.39 is 5.97 Å². The molecule has 1 heterocycles. The molecule has 1 aromatic heterocycles. The minimum absolute atomic E-state index is 0.229. The number of hydrogen-bond acceptors (Lipinski definition) is 4. The molecule has 68 valence electrons. The van der Waals surface area contributed by atoms with E-state index in [1.54, 1.807) is 24.7 Å². The molecule has 0 aromatic carbocycles. The van der Waals surface area contributed by atoms with Gasteiger partial charge >= 0.3 is 5.97 Å². The Morgan fingerprint density at radius 3 is 3.00 bits per heavy atom. The third kappa shape index (κ3) is 1.85. The van der Waals surface area contributed by atoms with Gasteiger partial charge in [-0.15, -0.1) is 0 Å². The van der Waals surface area contributed by atoms with Gasteiger partial charge in [0.15, 0.2) is 6.61 Å². The van der Waals surface area contributed by atoms with Gasteiger partial charge in [-0.1, -0.05) is 0 Å². The zero-order valence-corrected chi connectivity index (χ0v) is 7.44. The van der Waals surface area contributed by atoms with Crippen LogP contribution >= 0.6 is 0 Å². The first-order chi connectivity index (χ1) is 6.16. The van der Waals surface area contributed by atoms with Gasteiger partial charge in [0.2, 0.25) is 0 Å². The molecule has 0 N–H and O–H groups in total. The van der Waals surface area contributed by atoms with Crippen LogP contribution in [0.1, 0.15) is 16.1 Å². The number of ether oxygens (including phenoxy) is 1. The van der Waals surface area contributed by atoms with Gasteiger partial charge in [-0.05, 0) is 6.92 Å². The fraction of sp³-hybridized carbons (Fsp3) is 0.375. The number of aryl methyl sites for hydroxylation is 1. The van der Waals surface area contributed by atoms with Crippen molar-refractivity contribution in [2.75, 3.05) is 6.61 Å². The summed E-state index contributed by atoms with van der Waals surface area (Å²) in [4.78, 5) is 11.2. The summed E-state index contributed by atoms with van der Waals surface area (Å²) in [6.45, 7) is 1.53. The number of rotatable bonds is 2. The van der Waals surface area contributed by atoms with Gasteiger partial charge < -0.3 is 4.74 Å². The Morgan fingerprint density at radius 1 is 1.85 bits per heavy atom. The molecule has 0 saturated heterocycles. The van der Waals surface area contributed by atoms with Gasteiger partial charge in [0.05, 0.1) is 6.20 Å². The average molecular weight is 179 g/mol. The number of carbonyl (C=O) groups excluding carboxylic acids is 1. The topological polar surface area (TPSA) is 67.9 Å². The van der Waals surface area contributed by atoms with Crippen LogP contribution in [0.3, 0.4) is 0 Å². The summed E-state index contributed by atoms with van der Waals surface area (Å²) < 4.78 is 6.19. The van der Waals surface area contributed by atoms with E-state index in [2.05, 4.69) is 9.84 Å². The van der Waals surface area contributed by atoms with Crippen LogP contribution in [-0.2, 0) is 11.8 Å². The lowest BCUT2D eigenvalue weighted by atomic mass is 10.3. The molecular weight excluding hydrogens is 170 g/mol. The first kappa shape index (κ1) is 9.26. The summed E-state index contributed by atoms with van der Waals surface area (Å²) in [6, 6.07) is 1.72. The number of esters is 1. The number of nitriles is 1. The number of nitrogens with zero attached hydrogens (tertiary/aromatic N) is 3. The van der Waals surface area contributed by atoms with E-state index >= 15 is 0 Å². The maximum absolute atomic E-state index is 11.2. The Labute approximate surface area is 75.5 Å². The van der Waals surface area contributed by atoms with Crippen molar-refractivity contribution in [3.05, 3.63) is 17.5 Å². The second kappa shape index (κ2) is 3.72. The fourth-order valence-electron chi connectivity index (χ4n) is 0.875. The highest BCUT2D eigenvalue weighted by Gasteiger charge is 2.13. The van der Waals surface area contributed by atoms with Crippen LogP contribution in [0.4, 0.5) is 0 Å². The van der Waals surface area contributed by atoms with Crippen LogP contribution in [0, 0.1) is 18.3 Å². The first-order valence-corrected chi connectivity index (χ1v) is 3.69. The molecule has 13 heavy (non-hydrogen) atoms. The summed E-state index contributed by atoms with van der Waals surface area (Å²) in [7, 11) is 1.73. The van der Waals surface area contributed by atoms with Crippen LogP contribution in [-0.4, -0.2) is 22.4 Å². The molecule has 5 heteroatoms. The third-order valence-corrected chi connectivity index (χ3v) is 1.72. The molecule has 0 amide bonds. The maximum atomic E-state index is 11.2. The van der Waals surface area contributed by atoms with Crippen LogP contribution in [0.5, 0.6) is 0 Å². The van der Waals surface area contributed by atoms with Crippen molar-refractivity contribution < 1.29 is 9.53 Å². The summed E-state index contributed by atoms with van der Waals surface area (Å²) in [5.41, 5.74) is 1.13. The Morgan fingerprint density at radius 2 is 2.54 bits per heavy atom. The second-order valence-corrected chi connectivity index (χ2v) is 2.50. The Kier molecular flexibility index (Phi) is 2.65. The van der Waals surface area contributed by atoms with E-state index in [1.807, 2.05) is 0 Å². The van der Waals surface area contributed by atoms with E-state index in [-0.39, 0.29) is 6.61 Å². The summed E-state index contributed by atoms with van der Waals surface area (Å²) in [5.74, 6) is -0.507. The normalized spacial score (nSPS) is 9.31. The highest BCUT2D eigenvalue weighted by Crippen LogP contribution is 2.06. The third-order valence-electron chi connectivity index (χ3n) is 1.72. The van der Waals surface area contributed by atoms with E-state index in [0.29, 0.717) is 5.56 Å². The molecule has 1 aromatic rings. The van der Waals surface area contributed by atoms with Crippen molar-refractivity contribution in [3.8, 4) is 6.07 Å². The SMILES string of the molecule is Cc1c(C(=O)OCC#N)cnn1C. The fourth-order valence-corrected chi connectivity index (χ4v) is 0.875. The monoisotopic (exact) mass is 179 g/mol. The molecule has 0 unspecified atom stereocenters. The molecule has 0 aliphatic carbocycles. The summed E-state index contributed by atoms with van der Waals surface area (Å²) in [6.07, 6.45) is 1.43. The van der Waals surface area contributed by atoms with Crippen molar-refractivity contribution in [1.29, 1.82) is 5.26 Å². The largest absolute Gasteiger partial charge is 0.447 e. The van der Waals surface area contributed by atoms with Crippen molar-refractivity contribution in [2.24, 2.45) is 7.05 Å². The van der Waals surface area contributed by atoms with E-state index in [9.17, 15) is 4.79 Å². The Bertz CT molecular complexity index is 362. The molecule has 0 saturated carbocycles. The number of hydrogen-bond donors (Lipinski definition) is 0. The minimum atomic E-state index is -0.507. The molecule has 5 nitrogen and oxygen atoms in total. The lowest BCUT2D eigenvalue weighted by Crippen LogP contribution is -2.06. The highest BCUT2D eigenvalue weighted by atomic mass is 16.5. The lowest BCUT2D eigenvalue weighted by Gasteiger charge is -1.98. The van der Waals surface area contributed by atoms with Crippen molar-refractivity contribution in [1.82, 2.24) is 9.78 Å². The molecule has 0 spiro atoms. The van der Waals surface area contributed by atoms with E-state index in [0.717, 1.165) is 5.69 Å². The Hall–Kier alpha value is -1.83. The number of aromatic nitrogens is 2. The van der Waals surface area contributed by atoms with Gasteiger partial charge in [0.1, 0.15) is 11.6 Å². The Balaban J connectivity index is 2.78. The summed E-state index contributed by atoms with van der Waals surface area (Å²) in [5, 5.41) is 12.1. The predicted molar refractivity (Wildman–Crippen MR) is 43.8 cm³/mol. The molecule has 0 radical (unpaired) electrons. The van der Waals surface area contributed by atoms with Crippen molar-refractivity contribution in [3.63, 3.8) is 0 Å². The van der Waals surface area contributed by atoms with Gasteiger partial charge in [-0.2, -0.15) is 10.4 Å². The lowest BCUT2D eigenvalue weighted by molar-refractivity contribution is 0.0554. The van der Waals surface area contributed by atoms with Crippen LogP contribution in [0.2, 0.25) is 0 Å². The minimum Gasteiger partial charge on any atom is -0.447 e. The predicted octanol–water partition coefficient (Wildman–Crippen LogP) is 0.409. The smallest absolute Gasteiger partial charge is 0.342 e.